The topological polar surface area (TPSA) is 86.2 Å². The molecule has 1 fully saturated rings. The van der Waals surface area contributed by atoms with E-state index in [1.54, 1.807) is 6.20 Å². The maximum atomic E-state index is 13.7. The van der Waals surface area contributed by atoms with E-state index in [1.807, 2.05) is 49.3 Å². The number of carboxylic acids is 1. The normalized spacial score (nSPS) is 20.7. The molecule has 1 saturated heterocycles. The molecule has 2 aromatic rings. The summed E-state index contributed by atoms with van der Waals surface area (Å²) in [5.41, 5.74) is 3.11. The standard InChI is InChI=1S/C31H44N4O4/c1-4-5-17-34(18-8-16-33(2)3)29(36)22-35-21-26(23-10-13-28-24(20-23)14-19-39-28)30(31(37)38)27(35)12-11-25-9-6-7-15-32-25/h6-7,9-10,13,15,20,26-27,30H,4-5,8,11-12,14,16-19,21-22H2,1-3H3,(H,37,38)/t26-,27+,30?/m1/s1. The fourth-order valence-corrected chi connectivity index (χ4v) is 6.03. The van der Waals surface area contributed by atoms with E-state index in [9.17, 15) is 14.7 Å². The van der Waals surface area contributed by atoms with E-state index in [-0.39, 0.29) is 24.4 Å². The van der Waals surface area contributed by atoms with Crippen molar-refractivity contribution in [3.05, 3.63) is 59.4 Å². The predicted molar refractivity (Wildman–Crippen MR) is 152 cm³/mol. The second-order valence-electron chi connectivity index (χ2n) is 11.2. The van der Waals surface area contributed by atoms with Crippen molar-refractivity contribution in [3.8, 4) is 5.75 Å². The molecule has 8 heteroatoms. The number of aryl methyl sites for hydroxylation is 1. The largest absolute Gasteiger partial charge is 0.493 e. The lowest BCUT2D eigenvalue weighted by Crippen LogP contribution is -2.45. The number of fused-ring (bicyclic) bond motifs is 1. The number of aromatic nitrogens is 1. The van der Waals surface area contributed by atoms with Crippen LogP contribution in [0.25, 0.3) is 0 Å². The lowest BCUT2D eigenvalue weighted by molar-refractivity contribution is -0.143. The summed E-state index contributed by atoms with van der Waals surface area (Å²) in [6.45, 7) is 5.99. The van der Waals surface area contributed by atoms with Gasteiger partial charge in [0.1, 0.15) is 5.75 Å². The molecule has 3 heterocycles. The van der Waals surface area contributed by atoms with Crippen LogP contribution in [0, 0.1) is 5.92 Å². The minimum Gasteiger partial charge on any atom is -0.493 e. The quantitative estimate of drug-likeness (QED) is 0.394. The van der Waals surface area contributed by atoms with Gasteiger partial charge in [-0.1, -0.05) is 31.5 Å². The summed E-state index contributed by atoms with van der Waals surface area (Å²) in [6, 6.07) is 11.7. The van der Waals surface area contributed by atoms with Crippen LogP contribution in [0.15, 0.2) is 42.6 Å². The van der Waals surface area contributed by atoms with Crippen LogP contribution in [-0.2, 0) is 22.4 Å². The Kier molecular flexibility index (Phi) is 10.3. The predicted octanol–water partition coefficient (Wildman–Crippen LogP) is 3.70. The van der Waals surface area contributed by atoms with Crippen LogP contribution in [0.1, 0.15) is 55.3 Å². The van der Waals surface area contributed by atoms with Gasteiger partial charge in [-0.05, 0) is 75.6 Å². The first kappa shape index (κ1) is 29.0. The van der Waals surface area contributed by atoms with Gasteiger partial charge in [-0.25, -0.2) is 0 Å². The van der Waals surface area contributed by atoms with Crippen LogP contribution in [0.4, 0.5) is 0 Å². The lowest BCUT2D eigenvalue weighted by Gasteiger charge is -2.30. The zero-order valence-corrected chi connectivity index (χ0v) is 23.7. The average molecular weight is 537 g/mol. The molecular formula is C31H44N4O4. The van der Waals surface area contributed by atoms with E-state index in [0.29, 0.717) is 26.0 Å². The van der Waals surface area contributed by atoms with E-state index in [2.05, 4.69) is 27.8 Å². The van der Waals surface area contributed by atoms with Gasteiger partial charge >= 0.3 is 5.97 Å². The maximum Gasteiger partial charge on any atom is 0.308 e. The number of benzene rings is 1. The van der Waals surface area contributed by atoms with Gasteiger partial charge < -0.3 is 19.6 Å². The third kappa shape index (κ3) is 7.57. The minimum absolute atomic E-state index is 0.0946. The molecule has 1 aromatic carbocycles. The smallest absolute Gasteiger partial charge is 0.308 e. The molecule has 3 atom stereocenters. The summed E-state index contributed by atoms with van der Waals surface area (Å²) < 4.78 is 5.69. The Bertz CT molecular complexity index is 1090. The first-order valence-corrected chi connectivity index (χ1v) is 14.4. The van der Waals surface area contributed by atoms with Crippen LogP contribution >= 0.6 is 0 Å². The van der Waals surface area contributed by atoms with E-state index < -0.39 is 11.9 Å². The van der Waals surface area contributed by atoms with Crippen molar-refractivity contribution < 1.29 is 19.4 Å². The molecule has 8 nitrogen and oxygen atoms in total. The van der Waals surface area contributed by atoms with Crippen molar-refractivity contribution in [3.63, 3.8) is 0 Å². The summed E-state index contributed by atoms with van der Waals surface area (Å²) >= 11 is 0. The van der Waals surface area contributed by atoms with Gasteiger partial charge in [0.05, 0.1) is 19.1 Å². The molecule has 2 aliphatic rings. The van der Waals surface area contributed by atoms with Crippen molar-refractivity contribution in [2.45, 2.75) is 57.4 Å². The number of amides is 1. The Labute approximate surface area is 233 Å². The SMILES string of the molecule is CCCCN(CCCN(C)C)C(=O)CN1C[C@H](c2ccc3c(c2)CCO3)C(C(=O)O)[C@@H]1CCc1ccccn1. The van der Waals surface area contributed by atoms with Crippen LogP contribution in [0.2, 0.25) is 0 Å². The summed E-state index contributed by atoms with van der Waals surface area (Å²) in [5.74, 6) is -0.595. The number of ether oxygens (including phenoxy) is 1. The molecule has 1 N–H and O–H groups in total. The van der Waals surface area contributed by atoms with Crippen molar-refractivity contribution in [2.24, 2.45) is 5.92 Å². The van der Waals surface area contributed by atoms with Crippen LogP contribution in [-0.4, -0.2) is 96.1 Å². The first-order chi connectivity index (χ1) is 18.9. The van der Waals surface area contributed by atoms with Gasteiger partial charge in [0.25, 0.3) is 0 Å². The van der Waals surface area contributed by atoms with E-state index >= 15 is 0 Å². The van der Waals surface area contributed by atoms with Crippen molar-refractivity contribution in [1.29, 1.82) is 0 Å². The Morgan fingerprint density at radius 3 is 2.67 bits per heavy atom. The van der Waals surface area contributed by atoms with Gasteiger partial charge in [0.2, 0.25) is 5.91 Å². The number of hydrogen-bond acceptors (Lipinski definition) is 6. The number of carbonyl (C=O) groups is 2. The second-order valence-corrected chi connectivity index (χ2v) is 11.2. The molecule has 4 rings (SSSR count). The van der Waals surface area contributed by atoms with Gasteiger partial charge in [-0.2, -0.15) is 0 Å². The van der Waals surface area contributed by atoms with Crippen molar-refractivity contribution in [2.75, 3.05) is 53.4 Å². The van der Waals surface area contributed by atoms with Gasteiger partial charge in [0, 0.05) is 49.9 Å². The number of nitrogens with zero attached hydrogens (tertiary/aromatic N) is 4. The Hall–Kier alpha value is -2.97. The van der Waals surface area contributed by atoms with Crippen LogP contribution < -0.4 is 4.74 Å². The fraction of sp³-hybridized carbons (Fsp3) is 0.581. The zero-order valence-electron chi connectivity index (χ0n) is 23.7. The highest BCUT2D eigenvalue weighted by Crippen LogP contribution is 2.41. The number of pyridine rings is 1. The van der Waals surface area contributed by atoms with Crippen molar-refractivity contribution in [1.82, 2.24) is 19.7 Å². The van der Waals surface area contributed by atoms with Crippen molar-refractivity contribution >= 4 is 11.9 Å². The molecule has 0 saturated carbocycles. The van der Waals surface area contributed by atoms with E-state index in [1.165, 1.54) is 0 Å². The molecule has 0 bridgehead atoms. The highest BCUT2D eigenvalue weighted by Gasteiger charge is 2.47. The number of carboxylic acid groups (broad SMARTS) is 1. The second kappa shape index (κ2) is 13.9. The number of carbonyl (C=O) groups excluding carboxylic acids is 1. The number of rotatable bonds is 14. The Morgan fingerprint density at radius 2 is 1.95 bits per heavy atom. The van der Waals surface area contributed by atoms with Gasteiger partial charge in [0.15, 0.2) is 0 Å². The number of unbranched alkanes of at least 4 members (excludes halogenated alkanes) is 1. The molecule has 1 unspecified atom stereocenters. The summed E-state index contributed by atoms with van der Waals surface area (Å²) in [5, 5.41) is 10.5. The number of aliphatic carboxylic acids is 1. The monoisotopic (exact) mass is 536 g/mol. The average Bonchev–Trinajstić information content (AvgIpc) is 3.54. The molecule has 1 amide bonds. The summed E-state index contributed by atoms with van der Waals surface area (Å²) in [6.07, 6.45) is 6.85. The molecule has 212 valence electrons. The first-order valence-electron chi connectivity index (χ1n) is 14.4. The molecular weight excluding hydrogens is 492 g/mol. The molecule has 1 aromatic heterocycles. The lowest BCUT2D eigenvalue weighted by atomic mass is 9.83. The zero-order chi connectivity index (χ0) is 27.8. The third-order valence-corrected chi connectivity index (χ3v) is 8.10. The molecule has 0 aliphatic carbocycles. The highest BCUT2D eigenvalue weighted by atomic mass is 16.5. The summed E-state index contributed by atoms with van der Waals surface area (Å²) in [4.78, 5) is 37.2. The number of likely N-dealkylation sites (tertiary alicyclic amines) is 1. The van der Waals surface area contributed by atoms with Crippen LogP contribution in [0.3, 0.4) is 0 Å². The minimum atomic E-state index is -0.799. The third-order valence-electron chi connectivity index (χ3n) is 8.10. The highest BCUT2D eigenvalue weighted by molar-refractivity contribution is 5.79. The summed E-state index contributed by atoms with van der Waals surface area (Å²) in [7, 11) is 4.10. The van der Waals surface area contributed by atoms with E-state index in [0.717, 1.165) is 67.9 Å². The number of hydrogen-bond donors (Lipinski definition) is 1. The Morgan fingerprint density at radius 1 is 1.13 bits per heavy atom. The van der Waals surface area contributed by atoms with E-state index in [4.69, 9.17) is 4.74 Å². The fourth-order valence-electron chi connectivity index (χ4n) is 6.03. The van der Waals surface area contributed by atoms with Gasteiger partial charge in [-0.15, -0.1) is 0 Å². The Balaban J connectivity index is 1.56. The maximum absolute atomic E-state index is 13.7. The molecule has 0 radical (unpaired) electrons. The van der Waals surface area contributed by atoms with Gasteiger partial charge in [-0.3, -0.25) is 19.5 Å². The molecule has 39 heavy (non-hydrogen) atoms. The molecule has 2 aliphatic heterocycles. The van der Waals surface area contributed by atoms with Crippen LogP contribution in [0.5, 0.6) is 5.75 Å². The molecule has 0 spiro atoms.